The number of carbonyl (C=O) groups excluding carboxylic acids is 2. The first-order valence-electron chi connectivity index (χ1n) is 3.82. The number of hydrogen-bond donors (Lipinski definition) is 3. The lowest BCUT2D eigenvalue weighted by Gasteiger charge is -2.32. The zero-order valence-corrected chi connectivity index (χ0v) is 8.39. The van der Waals surface area contributed by atoms with Gasteiger partial charge in [0.05, 0.1) is 0 Å². The summed E-state index contributed by atoms with van der Waals surface area (Å²) >= 11 is 0. The number of aliphatic imine (C=N–C) groups is 1. The van der Waals surface area contributed by atoms with E-state index in [2.05, 4.69) is 15.4 Å². The second-order valence-corrected chi connectivity index (χ2v) is 2.87. The molecule has 2 rings (SSSR count). The minimum absolute atomic E-state index is 0. The van der Waals surface area contributed by atoms with Crippen molar-refractivity contribution in [1.82, 2.24) is 10.2 Å². The first-order chi connectivity index (χ1) is 6.55. The number of quaternary nitrogens is 1. The number of halogens is 1. The highest BCUT2D eigenvalue weighted by Crippen LogP contribution is 2.16. The third kappa shape index (κ3) is 1.48. The van der Waals surface area contributed by atoms with Crippen LogP contribution in [0.15, 0.2) is 10.1 Å². The number of likely N-dealkylation sites (N-methyl/N-ethyl adjacent to an activating group) is 1. The van der Waals surface area contributed by atoms with E-state index in [0.717, 1.165) is 4.90 Å². The van der Waals surface area contributed by atoms with Gasteiger partial charge < -0.3 is 17.5 Å². The van der Waals surface area contributed by atoms with E-state index in [-0.39, 0.29) is 18.2 Å². The van der Waals surface area contributed by atoms with Crippen molar-refractivity contribution in [1.29, 1.82) is 0 Å². The van der Waals surface area contributed by atoms with Gasteiger partial charge >= 0.3 is 11.8 Å². The number of aliphatic hydroxyl groups is 1. The van der Waals surface area contributed by atoms with Gasteiger partial charge in [-0.1, -0.05) is 5.10 Å². The van der Waals surface area contributed by atoms with E-state index < -0.39 is 17.7 Å². The Morgan fingerprint density at radius 2 is 2.27 bits per heavy atom. The molecule has 0 radical (unpaired) electrons. The van der Waals surface area contributed by atoms with Crippen LogP contribution in [0.5, 0.6) is 0 Å². The van der Waals surface area contributed by atoms with Crippen LogP contribution in [0.25, 0.3) is 0 Å². The molecule has 8 nitrogen and oxygen atoms in total. The van der Waals surface area contributed by atoms with E-state index in [0.29, 0.717) is 0 Å². The molecule has 1 unspecified atom stereocenters. The Labute approximate surface area is 90.4 Å². The zero-order valence-electron chi connectivity index (χ0n) is 7.64. The van der Waals surface area contributed by atoms with E-state index in [9.17, 15) is 14.7 Å². The van der Waals surface area contributed by atoms with Gasteiger partial charge in [0.2, 0.25) is 12.2 Å². The van der Waals surface area contributed by atoms with Crippen molar-refractivity contribution < 1.29 is 32.5 Å². The van der Waals surface area contributed by atoms with Gasteiger partial charge in [0.1, 0.15) is 0 Å². The van der Waals surface area contributed by atoms with Crippen molar-refractivity contribution in [3.8, 4) is 0 Å². The maximum Gasteiger partial charge on any atom is 0.329 e. The van der Waals surface area contributed by atoms with E-state index in [4.69, 9.17) is 0 Å². The summed E-state index contributed by atoms with van der Waals surface area (Å²) in [6.07, 6.45) is 1.20. The summed E-state index contributed by atoms with van der Waals surface area (Å²) in [5.41, 5.74) is -0.792. The van der Waals surface area contributed by atoms with Gasteiger partial charge in [0.25, 0.3) is 5.91 Å². The summed E-state index contributed by atoms with van der Waals surface area (Å²) in [7, 11) is 1.25. The Kier molecular flexibility index (Phi) is 2.75. The monoisotopic (exact) mass is 233 g/mol. The average Bonchev–Trinajstić information content (AvgIpc) is 2.17. The summed E-state index contributed by atoms with van der Waals surface area (Å²) in [4.78, 5) is 27.0. The Bertz CT molecular complexity index is 381. The second-order valence-electron chi connectivity index (χ2n) is 2.87. The van der Waals surface area contributed by atoms with E-state index >= 15 is 0 Å². The van der Waals surface area contributed by atoms with Crippen molar-refractivity contribution in [2.45, 2.75) is 5.72 Å². The molecule has 1 fully saturated rings. The number of amides is 3. The Morgan fingerprint density at radius 1 is 1.60 bits per heavy atom. The number of hydrogen-bond acceptors (Lipinski definition) is 5. The summed E-state index contributed by atoms with van der Waals surface area (Å²) in [5.74, 6) is -0.975. The number of nitrogens with two attached hydrogens (primary N) is 1. The van der Waals surface area contributed by atoms with Crippen LogP contribution in [0.3, 0.4) is 0 Å². The Morgan fingerprint density at radius 3 is 2.93 bits per heavy atom. The first kappa shape index (κ1) is 11.6. The lowest BCUT2D eigenvalue weighted by atomic mass is 10.1. The molecule has 3 amide bonds. The molecule has 2 aliphatic heterocycles. The first-order valence-corrected chi connectivity index (χ1v) is 3.82. The molecule has 0 saturated carbocycles. The topological polar surface area (TPSA) is 111 Å². The molecular weight excluding hydrogens is 226 g/mol. The lowest BCUT2D eigenvalue weighted by Crippen LogP contribution is -3.00. The van der Waals surface area contributed by atoms with Gasteiger partial charge in [-0.3, -0.25) is 15.0 Å². The fraction of sp³-hybridized carbons (Fsp3) is 0.333. The minimum atomic E-state index is -2.07. The van der Waals surface area contributed by atoms with Gasteiger partial charge in [-0.2, -0.15) is 10.4 Å². The number of urea groups is 1. The molecular formula is C6H8ClN5O3. The number of nitrogens with one attached hydrogen (secondary N) is 1. The molecule has 9 heteroatoms. The molecule has 0 bridgehead atoms. The van der Waals surface area contributed by atoms with Crippen molar-refractivity contribution >= 4 is 24.1 Å². The molecule has 0 aromatic rings. The largest absolute Gasteiger partial charge is 1.00 e. The summed E-state index contributed by atoms with van der Waals surface area (Å²) < 4.78 is 0. The molecule has 4 N–H and O–H groups in total. The highest BCUT2D eigenvalue weighted by atomic mass is 35.5. The maximum absolute atomic E-state index is 11.5. The van der Waals surface area contributed by atoms with Crippen LogP contribution >= 0.6 is 0 Å². The number of carbonyl (C=O) groups is 2. The average molecular weight is 234 g/mol. The molecule has 0 aliphatic carbocycles. The predicted octanol–water partition coefficient (Wildman–Crippen LogP) is -6.22. The van der Waals surface area contributed by atoms with Crippen LogP contribution in [0.4, 0.5) is 4.79 Å². The smallest absolute Gasteiger partial charge is 0.329 e. The SMILES string of the molecule is CN1C(=O)NC2=N[NH2+]C=NC2(O)C1=O.[Cl-]. The molecule has 1 saturated heterocycles. The molecule has 2 heterocycles. The van der Waals surface area contributed by atoms with Gasteiger partial charge in [-0.05, 0) is 0 Å². The van der Waals surface area contributed by atoms with Gasteiger partial charge in [-0.15, -0.1) is 0 Å². The fourth-order valence-electron chi connectivity index (χ4n) is 1.19. The van der Waals surface area contributed by atoms with Crippen LogP contribution < -0.4 is 23.1 Å². The summed E-state index contributed by atoms with van der Waals surface area (Å²) in [6, 6.07) is -0.635. The second kappa shape index (κ2) is 3.57. The summed E-state index contributed by atoms with van der Waals surface area (Å²) in [6.45, 7) is 0. The van der Waals surface area contributed by atoms with Crippen molar-refractivity contribution in [2.24, 2.45) is 10.1 Å². The number of imide groups is 1. The molecule has 82 valence electrons. The van der Waals surface area contributed by atoms with Crippen LogP contribution in [-0.4, -0.2) is 46.9 Å². The fourth-order valence-corrected chi connectivity index (χ4v) is 1.19. The van der Waals surface area contributed by atoms with E-state index in [1.54, 1.807) is 0 Å². The maximum atomic E-state index is 11.5. The third-order valence-electron chi connectivity index (χ3n) is 1.99. The van der Waals surface area contributed by atoms with E-state index in [1.807, 2.05) is 0 Å². The molecule has 2 aliphatic rings. The lowest BCUT2D eigenvalue weighted by molar-refractivity contribution is -0.539. The normalized spacial score (nSPS) is 28.9. The molecule has 15 heavy (non-hydrogen) atoms. The van der Waals surface area contributed by atoms with Gasteiger partial charge in [0, 0.05) is 7.05 Å². The van der Waals surface area contributed by atoms with Gasteiger partial charge in [0.15, 0.2) is 0 Å². The van der Waals surface area contributed by atoms with Gasteiger partial charge in [-0.25, -0.2) is 4.79 Å². The number of nitrogens with zero attached hydrogens (tertiary/aromatic N) is 3. The minimum Gasteiger partial charge on any atom is -1.00 e. The number of rotatable bonds is 0. The van der Waals surface area contributed by atoms with Crippen LogP contribution in [0, 0.1) is 0 Å². The molecule has 0 spiro atoms. The predicted molar refractivity (Wildman–Crippen MR) is 44.1 cm³/mol. The van der Waals surface area contributed by atoms with Crippen molar-refractivity contribution in [3.05, 3.63) is 0 Å². The highest BCUT2D eigenvalue weighted by molar-refractivity contribution is 6.23. The standard InChI is InChI=1S/C6H7N5O3.ClH/c1-11-4(12)6(14)3(9-5(11)13)10-8-2-7-6;/h2,14H,1H3,(H,7,8)(H,9,10,13);1H. The molecule has 0 aromatic carbocycles. The van der Waals surface area contributed by atoms with E-state index in [1.165, 1.54) is 18.8 Å². The number of fused-ring (bicyclic) bond motifs is 1. The van der Waals surface area contributed by atoms with Crippen LogP contribution in [0.2, 0.25) is 0 Å². The Hall–Kier alpha value is -1.51. The highest BCUT2D eigenvalue weighted by Gasteiger charge is 2.52. The van der Waals surface area contributed by atoms with Crippen molar-refractivity contribution in [2.75, 3.05) is 7.05 Å². The molecule has 1 atom stereocenters. The van der Waals surface area contributed by atoms with Crippen LogP contribution in [0.1, 0.15) is 0 Å². The number of amidine groups is 1. The van der Waals surface area contributed by atoms with Crippen molar-refractivity contribution in [3.63, 3.8) is 0 Å². The third-order valence-corrected chi connectivity index (χ3v) is 1.99. The van der Waals surface area contributed by atoms with Crippen LogP contribution in [-0.2, 0) is 4.79 Å². The zero-order chi connectivity index (χ0) is 10.3. The Balaban J connectivity index is 0.00000112. The quantitative estimate of drug-likeness (QED) is 0.362. The molecule has 0 aromatic heterocycles. The summed E-state index contributed by atoms with van der Waals surface area (Å²) in [5, 5.41) is 15.7.